The minimum absolute atomic E-state index is 0.0656. The van der Waals surface area contributed by atoms with Gasteiger partial charge in [-0.1, -0.05) is 12.1 Å². The summed E-state index contributed by atoms with van der Waals surface area (Å²) in [5, 5.41) is 0. The minimum Gasteiger partial charge on any atom is -0.459 e. The first kappa shape index (κ1) is 16.9. The van der Waals surface area contributed by atoms with Crippen LogP contribution in [0.15, 0.2) is 28.6 Å². The zero-order valence-electron chi connectivity index (χ0n) is 12.8. The number of hydrogen-bond donors (Lipinski definition) is 1. The van der Waals surface area contributed by atoms with E-state index < -0.39 is 27.6 Å². The fourth-order valence-corrected chi connectivity index (χ4v) is 4.12. The molecule has 0 spiro atoms. The molecule has 1 N–H and O–H groups in total. The van der Waals surface area contributed by atoms with Crippen LogP contribution in [0.5, 0.6) is 0 Å². The van der Waals surface area contributed by atoms with Gasteiger partial charge in [0.15, 0.2) is 0 Å². The average molecular weight is 342 g/mol. The Morgan fingerprint density at radius 2 is 1.95 bits per heavy atom. The van der Waals surface area contributed by atoms with Gasteiger partial charge >= 0.3 is 5.97 Å². The topological polar surface area (TPSA) is 85.4 Å². The van der Waals surface area contributed by atoms with Crippen molar-refractivity contribution in [2.75, 3.05) is 0 Å². The van der Waals surface area contributed by atoms with Crippen LogP contribution in [0.25, 0.3) is 10.2 Å². The van der Waals surface area contributed by atoms with Crippen molar-refractivity contribution in [2.24, 2.45) is 0 Å². The monoisotopic (exact) mass is 342 g/mol. The van der Waals surface area contributed by atoms with Crippen molar-refractivity contribution in [3.05, 3.63) is 24.3 Å². The third kappa shape index (κ3) is 4.02. The molecule has 0 aliphatic rings. The highest BCUT2D eigenvalue weighted by molar-refractivity contribution is 7.91. The average Bonchev–Trinajstić information content (AvgIpc) is 2.80. The van der Waals surface area contributed by atoms with Gasteiger partial charge in [-0.2, -0.15) is 4.72 Å². The van der Waals surface area contributed by atoms with Gasteiger partial charge in [0.1, 0.15) is 11.6 Å². The fourth-order valence-electron chi connectivity index (χ4n) is 1.69. The number of nitrogens with zero attached hydrogens (tertiary/aromatic N) is 1. The van der Waals surface area contributed by atoms with Crippen molar-refractivity contribution in [2.45, 2.75) is 43.7 Å². The molecule has 0 bridgehead atoms. The van der Waals surface area contributed by atoms with Crippen molar-refractivity contribution in [3.8, 4) is 0 Å². The van der Waals surface area contributed by atoms with Crippen LogP contribution >= 0.6 is 11.3 Å². The number of aromatic nitrogens is 1. The molecule has 0 radical (unpaired) electrons. The van der Waals surface area contributed by atoms with Crippen LogP contribution < -0.4 is 4.72 Å². The molecule has 0 unspecified atom stereocenters. The molecule has 0 aliphatic carbocycles. The predicted molar refractivity (Wildman–Crippen MR) is 85.2 cm³/mol. The highest BCUT2D eigenvalue weighted by Crippen LogP contribution is 2.25. The first-order valence-corrected chi connectivity index (χ1v) is 8.99. The number of thiazole rings is 1. The first-order valence-electron chi connectivity index (χ1n) is 6.69. The van der Waals surface area contributed by atoms with Gasteiger partial charge in [-0.3, -0.25) is 4.79 Å². The summed E-state index contributed by atoms with van der Waals surface area (Å²) in [6.45, 7) is 6.61. The van der Waals surface area contributed by atoms with E-state index in [-0.39, 0.29) is 4.34 Å². The lowest BCUT2D eigenvalue weighted by atomic mass is 10.2. The smallest absolute Gasteiger partial charge is 0.324 e. The molecule has 0 saturated carbocycles. The number of sulfonamides is 1. The number of carbonyl (C=O) groups excluding carboxylic acids is 1. The fraction of sp³-hybridized carbons (Fsp3) is 0.429. The van der Waals surface area contributed by atoms with Crippen LogP contribution in [0.2, 0.25) is 0 Å². The Hall–Kier alpha value is -1.51. The Kier molecular flexibility index (Phi) is 4.55. The second kappa shape index (κ2) is 5.94. The van der Waals surface area contributed by atoms with E-state index in [2.05, 4.69) is 9.71 Å². The van der Waals surface area contributed by atoms with E-state index in [9.17, 15) is 13.2 Å². The quantitative estimate of drug-likeness (QED) is 0.862. The van der Waals surface area contributed by atoms with Crippen molar-refractivity contribution < 1.29 is 17.9 Å². The van der Waals surface area contributed by atoms with Gasteiger partial charge in [-0.25, -0.2) is 13.4 Å². The van der Waals surface area contributed by atoms with Gasteiger partial charge in [-0.05, 0) is 39.8 Å². The summed E-state index contributed by atoms with van der Waals surface area (Å²) in [6.07, 6.45) is 0. The lowest BCUT2D eigenvalue weighted by Crippen LogP contribution is -2.42. The van der Waals surface area contributed by atoms with Crippen molar-refractivity contribution >= 4 is 37.5 Å². The number of carbonyl (C=O) groups is 1. The lowest BCUT2D eigenvalue weighted by Gasteiger charge is -2.22. The van der Waals surface area contributed by atoms with Crippen molar-refractivity contribution in [1.82, 2.24) is 9.71 Å². The standard InChI is InChI=1S/C14H18N2O4S2/c1-9(12(17)20-14(2,3)4)16-22(18,19)13-15-10-7-5-6-8-11(10)21-13/h5-9,16H,1-4H3/t9-/m0/s1. The largest absolute Gasteiger partial charge is 0.459 e. The van der Waals surface area contributed by atoms with E-state index in [4.69, 9.17) is 4.74 Å². The number of para-hydroxylation sites is 1. The summed E-state index contributed by atoms with van der Waals surface area (Å²) in [5.41, 5.74) is -0.0649. The predicted octanol–water partition coefficient (Wildman–Crippen LogP) is 2.30. The maximum absolute atomic E-state index is 12.3. The van der Waals surface area contributed by atoms with Crippen molar-refractivity contribution in [1.29, 1.82) is 0 Å². The number of nitrogens with one attached hydrogen (secondary N) is 1. The Bertz CT molecular complexity index is 758. The summed E-state index contributed by atoms with van der Waals surface area (Å²) in [7, 11) is -3.87. The summed E-state index contributed by atoms with van der Waals surface area (Å²) < 4.78 is 32.8. The molecule has 0 amide bonds. The minimum atomic E-state index is -3.87. The molecule has 6 nitrogen and oxygen atoms in total. The lowest BCUT2D eigenvalue weighted by molar-refractivity contribution is -0.156. The molecule has 0 aliphatic heterocycles. The molecule has 0 saturated heterocycles. The van der Waals surface area contributed by atoms with Gasteiger partial charge in [0.2, 0.25) is 4.34 Å². The molecular formula is C14H18N2O4S2. The van der Waals surface area contributed by atoms with E-state index in [0.29, 0.717) is 5.52 Å². The molecule has 2 aromatic rings. The highest BCUT2D eigenvalue weighted by Gasteiger charge is 2.28. The molecule has 1 atom stereocenters. The SMILES string of the molecule is C[C@H](NS(=O)(=O)c1nc2ccccc2s1)C(=O)OC(C)(C)C. The summed E-state index contributed by atoms with van der Waals surface area (Å²) in [6, 6.07) is 6.14. The van der Waals surface area contributed by atoms with Gasteiger partial charge in [0.05, 0.1) is 10.2 Å². The van der Waals surface area contributed by atoms with Gasteiger partial charge in [0, 0.05) is 0 Å². The van der Waals surface area contributed by atoms with Crippen LogP contribution in [-0.2, 0) is 19.6 Å². The molecule has 8 heteroatoms. The Morgan fingerprint density at radius 3 is 2.55 bits per heavy atom. The molecule has 22 heavy (non-hydrogen) atoms. The van der Waals surface area contributed by atoms with E-state index in [1.165, 1.54) is 6.92 Å². The number of benzene rings is 1. The third-order valence-electron chi connectivity index (χ3n) is 2.60. The molecule has 1 aromatic heterocycles. The molecule has 1 heterocycles. The van der Waals surface area contributed by atoms with Crippen LogP contribution in [0.3, 0.4) is 0 Å². The number of hydrogen-bond acceptors (Lipinski definition) is 6. The molecule has 120 valence electrons. The Balaban J connectivity index is 2.18. The molecule has 0 fully saturated rings. The van der Waals surface area contributed by atoms with Crippen LogP contribution in [0, 0.1) is 0 Å². The first-order chi connectivity index (χ1) is 10.1. The second-order valence-electron chi connectivity index (χ2n) is 5.82. The van der Waals surface area contributed by atoms with E-state index in [0.717, 1.165) is 16.0 Å². The number of rotatable bonds is 4. The van der Waals surface area contributed by atoms with E-state index >= 15 is 0 Å². The van der Waals surface area contributed by atoms with Gasteiger partial charge in [0.25, 0.3) is 10.0 Å². The van der Waals surface area contributed by atoms with Crippen LogP contribution in [0.4, 0.5) is 0 Å². The second-order valence-corrected chi connectivity index (χ2v) is 8.74. The van der Waals surface area contributed by atoms with Crippen LogP contribution in [0.1, 0.15) is 27.7 Å². The highest BCUT2D eigenvalue weighted by atomic mass is 32.2. The molecular weight excluding hydrogens is 324 g/mol. The summed E-state index contributed by atoms with van der Waals surface area (Å²) >= 11 is 1.06. The summed E-state index contributed by atoms with van der Waals surface area (Å²) in [4.78, 5) is 16.0. The summed E-state index contributed by atoms with van der Waals surface area (Å²) in [5.74, 6) is -0.628. The normalized spacial score (nSPS) is 14.0. The molecule has 1 aromatic carbocycles. The van der Waals surface area contributed by atoms with E-state index in [1.54, 1.807) is 39.0 Å². The van der Waals surface area contributed by atoms with Crippen molar-refractivity contribution in [3.63, 3.8) is 0 Å². The van der Waals surface area contributed by atoms with Crippen LogP contribution in [-0.4, -0.2) is 31.0 Å². The Morgan fingerprint density at radius 1 is 1.32 bits per heavy atom. The van der Waals surface area contributed by atoms with Gasteiger partial charge in [-0.15, -0.1) is 11.3 Å². The maximum atomic E-state index is 12.3. The Labute approximate surface area is 133 Å². The number of esters is 1. The zero-order valence-corrected chi connectivity index (χ0v) is 14.4. The molecule has 2 rings (SSSR count). The third-order valence-corrected chi connectivity index (χ3v) is 5.55. The maximum Gasteiger partial charge on any atom is 0.324 e. The number of fused-ring (bicyclic) bond motifs is 1. The number of ether oxygens (including phenoxy) is 1. The van der Waals surface area contributed by atoms with E-state index in [1.807, 2.05) is 6.07 Å². The zero-order chi connectivity index (χ0) is 16.5. The van der Waals surface area contributed by atoms with Gasteiger partial charge < -0.3 is 4.74 Å².